The molecule has 0 aliphatic rings. The van der Waals surface area contributed by atoms with E-state index in [0.717, 1.165) is 15.4 Å². The summed E-state index contributed by atoms with van der Waals surface area (Å²) < 4.78 is 2.81. The zero-order valence-corrected chi connectivity index (χ0v) is 17.0. The van der Waals surface area contributed by atoms with E-state index in [1.165, 1.54) is 0 Å². The van der Waals surface area contributed by atoms with E-state index in [1.54, 1.807) is 36.5 Å². The Kier molecular flexibility index (Phi) is 5.49. The topological polar surface area (TPSA) is 51.4 Å². The minimum absolute atomic E-state index is 0.0118. The summed E-state index contributed by atoms with van der Waals surface area (Å²) in [6.45, 7) is 0.203. The number of aromatic nitrogens is 1. The number of hydrogen-bond donors (Lipinski definition) is 0. The Balaban J connectivity index is 1.72. The van der Waals surface area contributed by atoms with Gasteiger partial charge < -0.3 is 4.57 Å². The van der Waals surface area contributed by atoms with Gasteiger partial charge in [0.2, 0.25) is 0 Å². The first-order valence-electron chi connectivity index (χ1n) is 9.13. The molecule has 0 bridgehead atoms. The van der Waals surface area contributed by atoms with Gasteiger partial charge in [-0.05, 0) is 36.4 Å². The molecule has 0 atom stereocenters. The van der Waals surface area contributed by atoms with Crippen LogP contribution in [0.5, 0.6) is 0 Å². The highest BCUT2D eigenvalue weighted by atomic mass is 79.9. The molecule has 4 nitrogen and oxygen atoms in total. The first-order valence-corrected chi connectivity index (χ1v) is 9.92. The maximum Gasteiger partial charge on any atom is 0.277 e. The standard InChI is InChI=1S/C24H17BrN2O2/c25-19-12-10-17(11-13-19)23(28)16-27-15-14-21(20-8-4-5-9-22(20)27)26-24(29)18-6-2-1-3-7-18/h1-15H,16H2. The maximum atomic E-state index is 12.7. The van der Waals surface area contributed by atoms with Crippen LogP contribution in [0.25, 0.3) is 10.9 Å². The van der Waals surface area contributed by atoms with Crippen LogP contribution < -0.4 is 5.36 Å². The van der Waals surface area contributed by atoms with Crippen LogP contribution in [0, 0.1) is 0 Å². The number of nitrogens with zero attached hydrogens (tertiary/aromatic N) is 2. The lowest BCUT2D eigenvalue weighted by Crippen LogP contribution is -2.16. The van der Waals surface area contributed by atoms with Crippen molar-refractivity contribution in [3.8, 4) is 0 Å². The summed E-state index contributed by atoms with van der Waals surface area (Å²) in [5.74, 6) is -0.280. The molecule has 0 N–H and O–H groups in total. The fourth-order valence-electron chi connectivity index (χ4n) is 3.14. The van der Waals surface area contributed by atoms with Crippen molar-refractivity contribution >= 4 is 38.5 Å². The summed E-state index contributed by atoms with van der Waals surface area (Å²) in [7, 11) is 0. The number of rotatable bonds is 4. The van der Waals surface area contributed by atoms with Gasteiger partial charge in [0.25, 0.3) is 5.91 Å². The van der Waals surface area contributed by atoms with Gasteiger partial charge >= 0.3 is 0 Å². The van der Waals surface area contributed by atoms with Crippen LogP contribution >= 0.6 is 15.9 Å². The summed E-state index contributed by atoms with van der Waals surface area (Å²) >= 11 is 3.38. The Hall–Kier alpha value is -3.31. The van der Waals surface area contributed by atoms with E-state index in [9.17, 15) is 9.59 Å². The fourth-order valence-corrected chi connectivity index (χ4v) is 3.41. The molecule has 1 aromatic heterocycles. The van der Waals surface area contributed by atoms with Gasteiger partial charge in [-0.2, -0.15) is 0 Å². The number of Topliss-reactive ketones (excluding diaryl/α,β-unsaturated/α-hetero) is 1. The zero-order valence-electron chi connectivity index (χ0n) is 15.5. The highest BCUT2D eigenvalue weighted by molar-refractivity contribution is 9.10. The Morgan fingerprint density at radius 3 is 2.24 bits per heavy atom. The van der Waals surface area contributed by atoms with Crippen LogP contribution in [-0.2, 0) is 6.54 Å². The van der Waals surface area contributed by atoms with Gasteiger partial charge in [-0.15, -0.1) is 0 Å². The number of fused-ring (bicyclic) bond motifs is 1. The summed E-state index contributed by atoms with van der Waals surface area (Å²) in [4.78, 5) is 29.5. The van der Waals surface area contributed by atoms with Gasteiger partial charge in [0.15, 0.2) is 5.78 Å². The lowest BCUT2D eigenvalue weighted by molar-refractivity contribution is 0.0970. The van der Waals surface area contributed by atoms with Crippen molar-refractivity contribution < 1.29 is 9.59 Å². The number of benzene rings is 3. The lowest BCUT2D eigenvalue weighted by atomic mass is 10.1. The fraction of sp³-hybridized carbons (Fsp3) is 0.0417. The first kappa shape index (κ1) is 19.0. The number of ketones is 1. The molecule has 0 aliphatic carbocycles. The Bertz CT molecular complexity index is 1260. The molecular weight excluding hydrogens is 428 g/mol. The van der Waals surface area contributed by atoms with Gasteiger partial charge in [0.1, 0.15) is 0 Å². The lowest BCUT2D eigenvalue weighted by Gasteiger charge is -2.11. The van der Waals surface area contributed by atoms with Crippen molar-refractivity contribution in [1.29, 1.82) is 0 Å². The minimum Gasteiger partial charge on any atom is -0.340 e. The molecule has 3 aromatic carbocycles. The van der Waals surface area contributed by atoms with Crippen LogP contribution in [0.2, 0.25) is 0 Å². The normalized spacial score (nSPS) is 11.6. The highest BCUT2D eigenvalue weighted by Gasteiger charge is 2.10. The van der Waals surface area contributed by atoms with E-state index < -0.39 is 0 Å². The Labute approximate surface area is 176 Å². The third-order valence-electron chi connectivity index (χ3n) is 4.62. The summed E-state index contributed by atoms with van der Waals surface area (Å²) in [6, 6.07) is 25.7. The van der Waals surface area contributed by atoms with Gasteiger partial charge in [-0.1, -0.05) is 64.5 Å². The Morgan fingerprint density at radius 1 is 0.793 bits per heavy atom. The third-order valence-corrected chi connectivity index (χ3v) is 5.15. The van der Waals surface area contributed by atoms with Crippen LogP contribution in [0.4, 0.5) is 0 Å². The largest absolute Gasteiger partial charge is 0.340 e. The summed E-state index contributed by atoms with van der Waals surface area (Å²) in [5, 5.41) is 1.41. The van der Waals surface area contributed by atoms with Crippen molar-refractivity contribution in [2.45, 2.75) is 6.54 Å². The van der Waals surface area contributed by atoms with Gasteiger partial charge in [0.05, 0.1) is 17.4 Å². The SMILES string of the molecule is O=C(Cn1ccc(=NC(=O)c2ccccc2)c2ccccc21)c1ccc(Br)cc1. The van der Waals surface area contributed by atoms with Crippen molar-refractivity contribution in [3.63, 3.8) is 0 Å². The zero-order chi connectivity index (χ0) is 20.2. The number of hydrogen-bond acceptors (Lipinski definition) is 2. The summed E-state index contributed by atoms with van der Waals surface area (Å²) in [6.07, 6.45) is 1.80. The molecule has 4 aromatic rings. The number of carbonyl (C=O) groups excluding carboxylic acids is 2. The molecule has 142 valence electrons. The average Bonchev–Trinajstić information content (AvgIpc) is 2.76. The number of amides is 1. The molecule has 1 heterocycles. The van der Waals surface area contributed by atoms with Crippen molar-refractivity contribution in [2.24, 2.45) is 4.99 Å². The van der Waals surface area contributed by atoms with Crippen molar-refractivity contribution in [1.82, 2.24) is 4.57 Å². The molecule has 0 radical (unpaired) electrons. The van der Waals surface area contributed by atoms with Crippen LogP contribution in [0.1, 0.15) is 20.7 Å². The first-order chi connectivity index (χ1) is 14.1. The second-order valence-electron chi connectivity index (χ2n) is 6.56. The van der Waals surface area contributed by atoms with Crippen LogP contribution in [0.15, 0.2) is 101 Å². The van der Waals surface area contributed by atoms with E-state index in [1.807, 2.05) is 59.2 Å². The molecule has 1 amide bonds. The highest BCUT2D eigenvalue weighted by Crippen LogP contribution is 2.14. The van der Waals surface area contributed by atoms with E-state index in [-0.39, 0.29) is 18.2 Å². The molecule has 0 aliphatic heterocycles. The predicted octanol–water partition coefficient (Wildman–Crippen LogP) is 5.03. The number of carbonyl (C=O) groups is 2. The van der Waals surface area contributed by atoms with Crippen LogP contribution in [0.3, 0.4) is 0 Å². The van der Waals surface area contributed by atoms with E-state index in [0.29, 0.717) is 16.5 Å². The van der Waals surface area contributed by atoms with Gasteiger partial charge in [-0.3, -0.25) is 9.59 Å². The van der Waals surface area contributed by atoms with E-state index >= 15 is 0 Å². The van der Waals surface area contributed by atoms with E-state index in [4.69, 9.17) is 0 Å². The maximum absolute atomic E-state index is 12.7. The van der Waals surface area contributed by atoms with Crippen LogP contribution in [-0.4, -0.2) is 16.3 Å². The van der Waals surface area contributed by atoms with E-state index in [2.05, 4.69) is 20.9 Å². The second-order valence-corrected chi connectivity index (χ2v) is 7.47. The molecule has 5 heteroatoms. The molecule has 29 heavy (non-hydrogen) atoms. The molecule has 0 saturated heterocycles. The molecule has 0 fully saturated rings. The average molecular weight is 445 g/mol. The Morgan fingerprint density at radius 2 is 1.48 bits per heavy atom. The smallest absolute Gasteiger partial charge is 0.277 e. The summed E-state index contributed by atoms with van der Waals surface area (Å²) in [5.41, 5.74) is 2.04. The molecular formula is C24H17BrN2O2. The van der Waals surface area contributed by atoms with Gasteiger partial charge in [-0.25, -0.2) is 4.99 Å². The number of halogens is 1. The monoisotopic (exact) mass is 444 g/mol. The van der Waals surface area contributed by atoms with Crippen molar-refractivity contribution in [2.75, 3.05) is 0 Å². The molecule has 0 saturated carbocycles. The predicted molar refractivity (Wildman–Crippen MR) is 117 cm³/mol. The third kappa shape index (κ3) is 4.25. The quantitative estimate of drug-likeness (QED) is 0.414. The molecule has 0 unspecified atom stereocenters. The minimum atomic E-state index is -0.292. The van der Waals surface area contributed by atoms with Gasteiger partial charge in [0, 0.05) is 27.2 Å². The molecule has 0 spiro atoms. The molecule has 4 rings (SSSR count). The second kappa shape index (κ2) is 8.37. The number of para-hydroxylation sites is 1. The number of pyridine rings is 1. The van der Waals surface area contributed by atoms with Crippen molar-refractivity contribution in [3.05, 3.63) is 112 Å².